The maximum atomic E-state index is 5.27. The lowest BCUT2D eigenvalue weighted by Crippen LogP contribution is -2.26. The first kappa shape index (κ1) is 8.01. The summed E-state index contributed by atoms with van der Waals surface area (Å²) in [5.74, 6) is 0. The van der Waals surface area contributed by atoms with Crippen molar-refractivity contribution in [2.24, 2.45) is 5.73 Å². The number of nitrogens with zero attached hydrogens (tertiary/aromatic N) is 1. The number of hydrogen-bond acceptors (Lipinski definition) is 3. The zero-order chi connectivity index (χ0) is 6.41. The van der Waals surface area contributed by atoms with Gasteiger partial charge in [0.2, 0.25) is 0 Å². The number of nitrogens with two attached hydrogens (primary N) is 1. The first-order valence-corrected chi connectivity index (χ1v) is 3.10. The van der Waals surface area contributed by atoms with Crippen LogP contribution in [-0.2, 0) is 0 Å². The zero-order valence-corrected chi connectivity index (χ0v) is 5.95. The smallest absolute Gasteiger partial charge is 0.0264 e. The molecule has 0 rings (SSSR count). The van der Waals surface area contributed by atoms with Crippen LogP contribution in [0.1, 0.15) is 0 Å². The third kappa shape index (κ3) is 4.18. The minimum atomic E-state index is 0.708. The van der Waals surface area contributed by atoms with E-state index in [4.69, 9.17) is 5.73 Å². The van der Waals surface area contributed by atoms with E-state index in [0.717, 1.165) is 13.1 Å². The van der Waals surface area contributed by atoms with Gasteiger partial charge in [-0.15, -0.1) is 0 Å². The molecule has 0 amide bonds. The molecule has 0 bridgehead atoms. The van der Waals surface area contributed by atoms with Gasteiger partial charge in [0.05, 0.1) is 0 Å². The monoisotopic (exact) mass is 132 g/mol. The number of thiocarbonyl (C=S) groups is 1. The highest BCUT2D eigenvalue weighted by molar-refractivity contribution is 7.79. The van der Waals surface area contributed by atoms with Crippen molar-refractivity contribution in [1.82, 2.24) is 4.90 Å². The summed E-state index contributed by atoms with van der Waals surface area (Å²) in [6.07, 6.45) is 0. The van der Waals surface area contributed by atoms with Crippen molar-refractivity contribution in [2.75, 3.05) is 26.7 Å². The minimum absolute atomic E-state index is 0.708. The van der Waals surface area contributed by atoms with Crippen LogP contribution >= 0.6 is 12.2 Å². The molecule has 0 radical (unpaired) electrons. The number of likely N-dealkylation sites (N-methyl/N-ethyl adjacent to an activating group) is 1. The molecule has 0 aromatic carbocycles. The highest BCUT2D eigenvalue weighted by Crippen LogP contribution is 1.74. The molecule has 0 aromatic rings. The molecule has 3 heteroatoms. The topological polar surface area (TPSA) is 29.3 Å². The average molecular weight is 132 g/mol. The Morgan fingerprint density at radius 2 is 2.38 bits per heavy atom. The van der Waals surface area contributed by atoms with Crippen LogP contribution in [0.25, 0.3) is 0 Å². The Labute approximate surface area is 55.7 Å². The van der Waals surface area contributed by atoms with Crippen molar-refractivity contribution in [2.45, 2.75) is 0 Å². The van der Waals surface area contributed by atoms with Gasteiger partial charge in [-0.1, -0.05) is 12.2 Å². The lowest BCUT2D eigenvalue weighted by Gasteiger charge is -2.10. The van der Waals surface area contributed by atoms with Gasteiger partial charge in [-0.05, 0) is 12.4 Å². The highest BCUT2D eigenvalue weighted by Gasteiger charge is 1.89. The molecule has 0 spiro atoms. The van der Waals surface area contributed by atoms with Crippen LogP contribution in [0.3, 0.4) is 0 Å². The molecule has 0 fully saturated rings. The predicted molar refractivity (Wildman–Crippen MR) is 40.2 cm³/mol. The molecule has 2 N–H and O–H groups in total. The third-order valence-corrected chi connectivity index (χ3v) is 1.05. The molecular weight excluding hydrogens is 120 g/mol. The second-order valence-electron chi connectivity index (χ2n) is 1.72. The van der Waals surface area contributed by atoms with E-state index in [2.05, 4.69) is 17.1 Å². The molecular formula is C5H12N2S. The van der Waals surface area contributed by atoms with Crippen LogP contribution in [-0.4, -0.2) is 36.9 Å². The first-order valence-electron chi connectivity index (χ1n) is 2.63. The fraction of sp³-hybridized carbons (Fsp3) is 0.800. The van der Waals surface area contributed by atoms with Gasteiger partial charge in [-0.2, -0.15) is 0 Å². The fourth-order valence-corrected chi connectivity index (χ4v) is 0.693. The van der Waals surface area contributed by atoms with Crippen molar-refractivity contribution in [3.05, 3.63) is 0 Å². The van der Waals surface area contributed by atoms with Gasteiger partial charge in [-0.3, -0.25) is 0 Å². The maximum Gasteiger partial charge on any atom is 0.0264 e. The summed E-state index contributed by atoms with van der Waals surface area (Å²) in [7, 11) is 2.00. The number of hydrogen-bond donors (Lipinski definition) is 1. The molecule has 0 unspecified atom stereocenters. The largest absolute Gasteiger partial charge is 0.329 e. The van der Waals surface area contributed by atoms with E-state index in [1.165, 1.54) is 0 Å². The first-order chi connectivity index (χ1) is 3.81. The molecule has 0 aliphatic heterocycles. The van der Waals surface area contributed by atoms with E-state index in [0.29, 0.717) is 6.54 Å². The predicted octanol–water partition coefficient (Wildman–Crippen LogP) is -0.123. The van der Waals surface area contributed by atoms with Gasteiger partial charge >= 0.3 is 0 Å². The molecule has 0 saturated heterocycles. The molecule has 0 saturated carbocycles. The van der Waals surface area contributed by atoms with Gasteiger partial charge in [-0.25, -0.2) is 0 Å². The molecule has 2 nitrogen and oxygen atoms in total. The van der Waals surface area contributed by atoms with Gasteiger partial charge in [0.25, 0.3) is 0 Å². The Balaban J connectivity index is 3.03. The molecule has 8 heavy (non-hydrogen) atoms. The molecule has 0 aliphatic rings. The van der Waals surface area contributed by atoms with E-state index >= 15 is 0 Å². The fourth-order valence-electron chi connectivity index (χ4n) is 0.439. The summed E-state index contributed by atoms with van der Waals surface area (Å²) in [4.78, 5) is 2.08. The highest BCUT2D eigenvalue weighted by atomic mass is 32.1. The van der Waals surface area contributed by atoms with Crippen LogP contribution in [0.2, 0.25) is 0 Å². The van der Waals surface area contributed by atoms with E-state index < -0.39 is 0 Å². The van der Waals surface area contributed by atoms with Crippen molar-refractivity contribution < 1.29 is 0 Å². The van der Waals surface area contributed by atoms with Gasteiger partial charge in [0, 0.05) is 19.6 Å². The van der Waals surface area contributed by atoms with Crippen molar-refractivity contribution in [3.8, 4) is 0 Å². The molecule has 0 atom stereocenters. The summed E-state index contributed by atoms with van der Waals surface area (Å²) in [5, 5.41) is 1.70. The second-order valence-corrected chi connectivity index (χ2v) is 2.05. The Morgan fingerprint density at radius 3 is 2.75 bits per heavy atom. The summed E-state index contributed by atoms with van der Waals surface area (Å²) in [5.41, 5.74) is 5.27. The Kier molecular flexibility index (Phi) is 5.16. The maximum absolute atomic E-state index is 5.27. The average Bonchev–Trinajstić information content (AvgIpc) is 1.68. The molecule has 0 aromatic heterocycles. The Bertz CT molecular complexity index is 65.4. The SMILES string of the molecule is CN(CC=S)CCN. The molecule has 0 aliphatic carbocycles. The third-order valence-electron chi connectivity index (χ3n) is 0.897. The van der Waals surface area contributed by atoms with E-state index in [1.54, 1.807) is 5.37 Å². The van der Waals surface area contributed by atoms with Crippen LogP contribution in [0.4, 0.5) is 0 Å². The standard InChI is InChI=1S/C5H12N2S/c1-7(3-2-6)4-5-8/h5H,2-4,6H2,1H3. The second kappa shape index (κ2) is 5.15. The van der Waals surface area contributed by atoms with Gasteiger partial charge in [0.1, 0.15) is 0 Å². The number of rotatable bonds is 4. The summed E-state index contributed by atoms with van der Waals surface area (Å²) < 4.78 is 0. The molecule has 48 valence electrons. The van der Waals surface area contributed by atoms with Crippen LogP contribution in [0.15, 0.2) is 0 Å². The molecule has 0 heterocycles. The summed E-state index contributed by atoms with van der Waals surface area (Å²) in [6.45, 7) is 2.49. The van der Waals surface area contributed by atoms with E-state index in [9.17, 15) is 0 Å². The van der Waals surface area contributed by atoms with E-state index in [1.807, 2.05) is 7.05 Å². The van der Waals surface area contributed by atoms with Gasteiger partial charge < -0.3 is 10.6 Å². The van der Waals surface area contributed by atoms with E-state index in [-0.39, 0.29) is 0 Å². The van der Waals surface area contributed by atoms with Crippen molar-refractivity contribution >= 4 is 17.6 Å². The quantitative estimate of drug-likeness (QED) is 0.541. The summed E-state index contributed by atoms with van der Waals surface area (Å²) >= 11 is 4.63. The van der Waals surface area contributed by atoms with Crippen LogP contribution in [0, 0.1) is 0 Å². The van der Waals surface area contributed by atoms with Crippen molar-refractivity contribution in [3.63, 3.8) is 0 Å². The lowest BCUT2D eigenvalue weighted by atomic mass is 10.5. The lowest BCUT2D eigenvalue weighted by molar-refractivity contribution is 0.396. The minimum Gasteiger partial charge on any atom is -0.329 e. The van der Waals surface area contributed by atoms with Gasteiger partial charge in [0.15, 0.2) is 0 Å². The Morgan fingerprint density at radius 1 is 1.75 bits per heavy atom. The van der Waals surface area contributed by atoms with Crippen LogP contribution < -0.4 is 5.73 Å². The normalized spacial score (nSPS) is 9.88. The van der Waals surface area contributed by atoms with Crippen molar-refractivity contribution in [1.29, 1.82) is 0 Å². The zero-order valence-electron chi connectivity index (χ0n) is 5.13. The summed E-state index contributed by atoms with van der Waals surface area (Å²) in [6, 6.07) is 0. The van der Waals surface area contributed by atoms with Crippen LogP contribution in [0.5, 0.6) is 0 Å². The Hall–Kier alpha value is 0.01000.